The summed E-state index contributed by atoms with van der Waals surface area (Å²) < 4.78 is 5.58. The molecule has 1 fully saturated rings. The topological polar surface area (TPSA) is 128 Å². The summed E-state index contributed by atoms with van der Waals surface area (Å²) in [5.74, 6) is -1.67. The maximum atomic E-state index is 13.5. The minimum absolute atomic E-state index is 0.0326. The molecule has 0 aliphatic carbocycles. The van der Waals surface area contributed by atoms with Gasteiger partial charge in [0.1, 0.15) is 18.5 Å². The van der Waals surface area contributed by atoms with Gasteiger partial charge in [0, 0.05) is 16.7 Å². The number of benzene rings is 2. The average molecular weight is 498 g/mol. The molecule has 194 valence electrons. The first kappa shape index (κ1) is 27.2. The Morgan fingerprint density at radius 2 is 1.78 bits per heavy atom. The van der Waals surface area contributed by atoms with Gasteiger partial charge in [-0.2, -0.15) is 0 Å². The second kappa shape index (κ2) is 11.1. The Kier molecular flexibility index (Phi) is 8.37. The molecule has 1 aliphatic heterocycles. The summed E-state index contributed by atoms with van der Waals surface area (Å²) in [5.41, 5.74) is 0.897. The van der Waals surface area contributed by atoms with Gasteiger partial charge >= 0.3 is 0 Å². The van der Waals surface area contributed by atoms with Crippen molar-refractivity contribution in [1.29, 1.82) is 0 Å². The molecular formula is C27H35N3O6. The molecule has 9 heteroatoms. The van der Waals surface area contributed by atoms with Gasteiger partial charge in [0.25, 0.3) is 11.8 Å². The van der Waals surface area contributed by atoms with Crippen LogP contribution in [0.1, 0.15) is 49.2 Å². The maximum Gasteiger partial charge on any atom is 0.256 e. The average Bonchev–Trinajstić information content (AvgIpc) is 3.20. The van der Waals surface area contributed by atoms with Crippen molar-refractivity contribution in [3.63, 3.8) is 0 Å². The quantitative estimate of drug-likeness (QED) is 0.463. The van der Waals surface area contributed by atoms with Crippen molar-refractivity contribution in [2.75, 3.05) is 6.73 Å². The molecule has 1 saturated heterocycles. The highest BCUT2D eigenvalue weighted by atomic mass is 16.5. The predicted molar refractivity (Wildman–Crippen MR) is 134 cm³/mol. The fourth-order valence-corrected chi connectivity index (χ4v) is 4.19. The van der Waals surface area contributed by atoms with Crippen LogP contribution in [0.5, 0.6) is 5.75 Å². The number of carbonyl (C=O) groups is 3. The van der Waals surface area contributed by atoms with Crippen LogP contribution >= 0.6 is 0 Å². The van der Waals surface area contributed by atoms with Crippen LogP contribution in [0.2, 0.25) is 0 Å². The van der Waals surface area contributed by atoms with E-state index in [0.717, 1.165) is 5.56 Å². The molecule has 4 N–H and O–H groups in total. The fourth-order valence-electron chi connectivity index (χ4n) is 4.19. The molecule has 2 aromatic carbocycles. The normalized spacial score (nSPS) is 19.4. The zero-order valence-corrected chi connectivity index (χ0v) is 21.3. The molecule has 1 aliphatic rings. The van der Waals surface area contributed by atoms with E-state index in [4.69, 9.17) is 4.74 Å². The minimum Gasteiger partial charge on any atom is -0.508 e. The molecule has 36 heavy (non-hydrogen) atoms. The van der Waals surface area contributed by atoms with Crippen LogP contribution in [0, 0.1) is 6.92 Å². The van der Waals surface area contributed by atoms with Crippen molar-refractivity contribution in [3.05, 3.63) is 65.2 Å². The van der Waals surface area contributed by atoms with E-state index in [-0.39, 0.29) is 30.4 Å². The standard InChI is InChI=1S/C27H35N3O6/c1-16-19(12-9-13-21(16)31)24(33)28-20(14-18-10-7-6-8-11-18)23(32)26(35)30-15-36-17(2)22(30)25(34)29-27(3,4)5/h6-13,17,20,22-23,31-32H,14-15H2,1-5H3,(H,28,33)(H,29,34)/t17-,20?,22+,23?/m1/s1. The molecule has 0 aromatic heterocycles. The Morgan fingerprint density at radius 1 is 1.11 bits per heavy atom. The molecule has 0 saturated carbocycles. The van der Waals surface area contributed by atoms with Gasteiger partial charge in [-0.1, -0.05) is 36.4 Å². The van der Waals surface area contributed by atoms with Crippen molar-refractivity contribution < 1.29 is 29.3 Å². The van der Waals surface area contributed by atoms with Crippen LogP contribution in [-0.2, 0) is 20.7 Å². The SMILES string of the molecule is Cc1c(O)cccc1C(=O)NC(Cc1ccccc1)C(O)C(=O)N1CO[C@H](C)[C@H]1C(=O)NC(C)(C)C. The van der Waals surface area contributed by atoms with Crippen LogP contribution in [0.15, 0.2) is 48.5 Å². The third kappa shape index (κ3) is 6.41. The van der Waals surface area contributed by atoms with E-state index < -0.39 is 41.6 Å². The molecule has 0 radical (unpaired) electrons. The van der Waals surface area contributed by atoms with Crippen LogP contribution in [-0.4, -0.2) is 69.4 Å². The number of hydrogen-bond acceptors (Lipinski definition) is 6. The lowest BCUT2D eigenvalue weighted by atomic mass is 9.98. The zero-order chi connectivity index (χ0) is 26.6. The molecule has 2 aromatic rings. The van der Waals surface area contributed by atoms with Gasteiger partial charge in [-0.25, -0.2) is 0 Å². The summed E-state index contributed by atoms with van der Waals surface area (Å²) in [6.07, 6.45) is -2.05. The predicted octanol–water partition coefficient (Wildman–Crippen LogP) is 1.89. The number of aliphatic hydroxyl groups is 1. The molecular weight excluding hydrogens is 462 g/mol. The second-order valence-electron chi connectivity index (χ2n) is 10.2. The lowest BCUT2D eigenvalue weighted by Crippen LogP contribution is -2.58. The number of aliphatic hydroxyl groups excluding tert-OH is 1. The van der Waals surface area contributed by atoms with Gasteiger partial charge < -0.3 is 30.5 Å². The van der Waals surface area contributed by atoms with E-state index in [9.17, 15) is 24.6 Å². The Morgan fingerprint density at radius 3 is 2.42 bits per heavy atom. The number of amides is 3. The van der Waals surface area contributed by atoms with E-state index in [0.29, 0.717) is 5.56 Å². The Labute approximate surface area is 211 Å². The van der Waals surface area contributed by atoms with Crippen molar-refractivity contribution >= 4 is 17.7 Å². The van der Waals surface area contributed by atoms with Crippen molar-refractivity contribution in [1.82, 2.24) is 15.5 Å². The minimum atomic E-state index is -1.65. The zero-order valence-electron chi connectivity index (χ0n) is 21.3. The Hall–Kier alpha value is -3.43. The van der Waals surface area contributed by atoms with Gasteiger partial charge in [0.15, 0.2) is 6.10 Å². The van der Waals surface area contributed by atoms with Crippen molar-refractivity contribution in [2.45, 2.75) is 70.9 Å². The van der Waals surface area contributed by atoms with Crippen LogP contribution in [0.25, 0.3) is 0 Å². The van der Waals surface area contributed by atoms with E-state index in [2.05, 4.69) is 10.6 Å². The monoisotopic (exact) mass is 497 g/mol. The highest BCUT2D eigenvalue weighted by Gasteiger charge is 2.44. The number of phenols is 1. The van der Waals surface area contributed by atoms with Gasteiger partial charge in [0.05, 0.1) is 12.1 Å². The van der Waals surface area contributed by atoms with E-state index in [1.54, 1.807) is 26.0 Å². The molecule has 0 spiro atoms. The van der Waals surface area contributed by atoms with E-state index in [1.165, 1.54) is 11.0 Å². The first-order chi connectivity index (χ1) is 16.9. The number of aromatic hydroxyl groups is 1. The molecule has 3 amide bonds. The molecule has 9 nitrogen and oxygen atoms in total. The van der Waals surface area contributed by atoms with Crippen molar-refractivity contribution in [2.24, 2.45) is 0 Å². The van der Waals surface area contributed by atoms with Gasteiger partial charge in [0.2, 0.25) is 5.91 Å². The fraction of sp³-hybridized carbons (Fsp3) is 0.444. The highest BCUT2D eigenvalue weighted by Crippen LogP contribution is 2.22. The number of nitrogens with one attached hydrogen (secondary N) is 2. The molecule has 1 heterocycles. The Bertz CT molecular complexity index is 1100. The first-order valence-corrected chi connectivity index (χ1v) is 11.9. The maximum absolute atomic E-state index is 13.5. The smallest absolute Gasteiger partial charge is 0.256 e. The number of rotatable bonds is 7. The van der Waals surface area contributed by atoms with Crippen LogP contribution in [0.3, 0.4) is 0 Å². The molecule has 2 unspecified atom stereocenters. The van der Waals surface area contributed by atoms with Gasteiger partial charge in [-0.15, -0.1) is 0 Å². The largest absolute Gasteiger partial charge is 0.508 e. The first-order valence-electron chi connectivity index (χ1n) is 11.9. The summed E-state index contributed by atoms with van der Waals surface area (Å²) in [4.78, 5) is 40.7. The van der Waals surface area contributed by atoms with Gasteiger partial charge in [-0.3, -0.25) is 14.4 Å². The number of nitrogens with zero attached hydrogens (tertiary/aromatic N) is 1. The summed E-state index contributed by atoms with van der Waals surface area (Å²) in [7, 11) is 0. The molecule has 0 bridgehead atoms. The third-order valence-electron chi connectivity index (χ3n) is 6.11. The summed E-state index contributed by atoms with van der Waals surface area (Å²) >= 11 is 0. The lowest BCUT2D eigenvalue weighted by molar-refractivity contribution is -0.147. The number of carbonyl (C=O) groups excluding carboxylic acids is 3. The highest BCUT2D eigenvalue weighted by molar-refractivity contribution is 5.97. The third-order valence-corrected chi connectivity index (χ3v) is 6.11. The second-order valence-corrected chi connectivity index (χ2v) is 10.2. The molecule has 4 atom stereocenters. The van der Waals surface area contributed by atoms with Gasteiger partial charge in [-0.05, 0) is 58.7 Å². The van der Waals surface area contributed by atoms with Crippen LogP contribution in [0.4, 0.5) is 0 Å². The van der Waals surface area contributed by atoms with Crippen LogP contribution < -0.4 is 10.6 Å². The summed E-state index contributed by atoms with van der Waals surface area (Å²) in [6.45, 7) is 8.65. The number of hydrogen-bond donors (Lipinski definition) is 4. The van der Waals surface area contributed by atoms with E-state index in [1.807, 2.05) is 51.1 Å². The summed E-state index contributed by atoms with van der Waals surface area (Å²) in [6, 6.07) is 11.8. The number of ether oxygens (including phenoxy) is 1. The Balaban J connectivity index is 1.86. The summed E-state index contributed by atoms with van der Waals surface area (Å²) in [5, 5.41) is 26.8. The lowest BCUT2D eigenvalue weighted by Gasteiger charge is -2.31. The molecule has 3 rings (SSSR count). The van der Waals surface area contributed by atoms with Crippen molar-refractivity contribution in [3.8, 4) is 5.75 Å². The number of phenolic OH excluding ortho intramolecular Hbond substituents is 1. The van der Waals surface area contributed by atoms with E-state index >= 15 is 0 Å².